The predicted octanol–water partition coefficient (Wildman–Crippen LogP) is 3.39. The van der Waals surface area contributed by atoms with Crippen LogP contribution in [0.1, 0.15) is 31.9 Å². The van der Waals surface area contributed by atoms with E-state index >= 15 is 0 Å². The minimum atomic E-state index is -1.09. The van der Waals surface area contributed by atoms with Gasteiger partial charge in [0.25, 0.3) is 0 Å². The molecular weight excluding hydrogens is 364 g/mol. The molecule has 0 spiro atoms. The van der Waals surface area contributed by atoms with Crippen molar-refractivity contribution in [1.82, 2.24) is 5.32 Å². The summed E-state index contributed by atoms with van der Waals surface area (Å²) in [4.78, 5) is 12.7. The van der Waals surface area contributed by atoms with Gasteiger partial charge in [0, 0.05) is 12.0 Å². The van der Waals surface area contributed by atoms with E-state index in [1.807, 2.05) is 48.5 Å². The molecule has 1 atom stereocenters. The van der Waals surface area contributed by atoms with E-state index in [1.165, 1.54) is 0 Å². The first-order valence-corrected chi connectivity index (χ1v) is 8.57. The Kier molecular flexibility index (Phi) is 7.69. The molecule has 148 valence electrons. The van der Waals surface area contributed by atoms with E-state index in [2.05, 4.69) is 19.2 Å². The predicted molar refractivity (Wildman–Crippen MR) is 111 cm³/mol. The SMILES string of the molecule is COc1ccc(C(C)(C)CNC(=O)C(C)(N)c2ccccc2)cc1OC.Cl. The molecule has 0 fully saturated rings. The number of carbonyl (C=O) groups excluding carboxylic acids is 1. The lowest BCUT2D eigenvalue weighted by atomic mass is 9.83. The topological polar surface area (TPSA) is 73.6 Å². The summed E-state index contributed by atoms with van der Waals surface area (Å²) in [6.45, 7) is 6.29. The van der Waals surface area contributed by atoms with Crippen LogP contribution in [0.3, 0.4) is 0 Å². The Hall–Kier alpha value is -2.24. The number of ether oxygens (including phenoxy) is 2. The Morgan fingerprint density at radius 3 is 2.11 bits per heavy atom. The van der Waals surface area contributed by atoms with Crippen LogP contribution < -0.4 is 20.5 Å². The smallest absolute Gasteiger partial charge is 0.244 e. The molecule has 0 saturated carbocycles. The number of amides is 1. The molecular formula is C21H29ClN2O3. The van der Waals surface area contributed by atoms with E-state index in [1.54, 1.807) is 21.1 Å². The second kappa shape index (κ2) is 9.11. The second-order valence-corrected chi connectivity index (χ2v) is 7.20. The van der Waals surface area contributed by atoms with Crippen LogP contribution in [0, 0.1) is 0 Å². The molecule has 1 amide bonds. The van der Waals surface area contributed by atoms with Crippen LogP contribution in [-0.2, 0) is 15.7 Å². The summed E-state index contributed by atoms with van der Waals surface area (Å²) in [5.41, 5.74) is 6.71. The minimum absolute atomic E-state index is 0. The summed E-state index contributed by atoms with van der Waals surface area (Å²) in [5, 5.41) is 2.99. The molecule has 0 saturated heterocycles. The van der Waals surface area contributed by atoms with Crippen molar-refractivity contribution in [2.24, 2.45) is 5.73 Å². The fourth-order valence-electron chi connectivity index (χ4n) is 2.76. The van der Waals surface area contributed by atoms with Crippen LogP contribution in [0.2, 0.25) is 0 Å². The largest absolute Gasteiger partial charge is 0.493 e. The van der Waals surface area contributed by atoms with Crippen molar-refractivity contribution in [2.45, 2.75) is 31.7 Å². The number of hydrogen-bond acceptors (Lipinski definition) is 4. The van der Waals surface area contributed by atoms with E-state index in [9.17, 15) is 4.79 Å². The number of halogens is 1. The number of carbonyl (C=O) groups is 1. The van der Waals surface area contributed by atoms with Crippen LogP contribution in [-0.4, -0.2) is 26.7 Å². The zero-order valence-corrected chi connectivity index (χ0v) is 17.4. The Morgan fingerprint density at radius 1 is 0.963 bits per heavy atom. The van der Waals surface area contributed by atoms with E-state index in [-0.39, 0.29) is 23.7 Å². The van der Waals surface area contributed by atoms with Crippen LogP contribution in [0.4, 0.5) is 0 Å². The fraction of sp³-hybridized carbons (Fsp3) is 0.381. The normalized spacial score (nSPS) is 13.1. The highest BCUT2D eigenvalue weighted by atomic mass is 35.5. The highest BCUT2D eigenvalue weighted by Gasteiger charge is 2.32. The maximum Gasteiger partial charge on any atom is 0.244 e. The molecule has 5 nitrogen and oxygen atoms in total. The third kappa shape index (κ3) is 5.15. The zero-order valence-electron chi connectivity index (χ0n) is 16.5. The van der Waals surface area contributed by atoms with Gasteiger partial charge in [0.2, 0.25) is 5.91 Å². The van der Waals surface area contributed by atoms with Gasteiger partial charge in [0.15, 0.2) is 11.5 Å². The average Bonchev–Trinajstić information content (AvgIpc) is 2.66. The fourth-order valence-corrected chi connectivity index (χ4v) is 2.76. The first-order chi connectivity index (χ1) is 12.2. The maximum atomic E-state index is 12.7. The molecule has 2 rings (SSSR count). The Morgan fingerprint density at radius 2 is 1.56 bits per heavy atom. The Balaban J connectivity index is 0.00000364. The molecule has 2 aromatic carbocycles. The van der Waals surface area contributed by atoms with Crippen molar-refractivity contribution in [3.8, 4) is 11.5 Å². The van der Waals surface area contributed by atoms with Gasteiger partial charge in [-0.15, -0.1) is 12.4 Å². The highest BCUT2D eigenvalue weighted by molar-refractivity contribution is 5.87. The van der Waals surface area contributed by atoms with Crippen molar-refractivity contribution < 1.29 is 14.3 Å². The maximum absolute atomic E-state index is 12.7. The van der Waals surface area contributed by atoms with Gasteiger partial charge in [-0.1, -0.05) is 50.2 Å². The standard InChI is InChI=1S/C21H28N2O3.ClH/c1-20(2,16-11-12-17(25-4)18(13-16)26-5)14-23-19(24)21(3,22)15-9-7-6-8-10-15;/h6-13H,14,22H2,1-5H3,(H,23,24);1H. The van der Waals surface area contributed by atoms with Gasteiger partial charge in [-0.3, -0.25) is 4.79 Å². The molecule has 27 heavy (non-hydrogen) atoms. The van der Waals surface area contributed by atoms with Gasteiger partial charge in [-0.2, -0.15) is 0 Å². The molecule has 0 aliphatic rings. The summed E-state index contributed by atoms with van der Waals surface area (Å²) in [5.74, 6) is 1.13. The van der Waals surface area contributed by atoms with Gasteiger partial charge < -0.3 is 20.5 Å². The van der Waals surface area contributed by atoms with Crippen LogP contribution in [0.5, 0.6) is 11.5 Å². The Bertz CT molecular complexity index is 761. The molecule has 0 radical (unpaired) electrons. The Labute approximate surface area is 167 Å². The van der Waals surface area contributed by atoms with E-state index in [0.29, 0.717) is 18.0 Å². The number of nitrogens with one attached hydrogen (secondary N) is 1. The number of benzene rings is 2. The summed E-state index contributed by atoms with van der Waals surface area (Å²) >= 11 is 0. The van der Waals surface area contributed by atoms with Crippen molar-refractivity contribution in [1.29, 1.82) is 0 Å². The lowest BCUT2D eigenvalue weighted by Crippen LogP contribution is -2.51. The van der Waals surface area contributed by atoms with Crippen LogP contribution in [0.15, 0.2) is 48.5 Å². The van der Waals surface area contributed by atoms with Crippen LogP contribution in [0.25, 0.3) is 0 Å². The summed E-state index contributed by atoms with van der Waals surface area (Å²) in [6, 6.07) is 15.2. The molecule has 0 aliphatic carbocycles. The van der Waals surface area contributed by atoms with Gasteiger partial charge in [0.1, 0.15) is 5.54 Å². The lowest BCUT2D eigenvalue weighted by Gasteiger charge is -2.30. The first-order valence-electron chi connectivity index (χ1n) is 8.57. The van der Waals surface area contributed by atoms with Gasteiger partial charge in [-0.25, -0.2) is 0 Å². The molecule has 1 unspecified atom stereocenters. The monoisotopic (exact) mass is 392 g/mol. The molecule has 0 heterocycles. The molecule has 0 aliphatic heterocycles. The molecule has 0 aromatic heterocycles. The van der Waals surface area contributed by atoms with E-state index in [0.717, 1.165) is 11.1 Å². The first kappa shape index (κ1) is 22.8. The second-order valence-electron chi connectivity index (χ2n) is 7.20. The number of rotatable bonds is 7. The highest BCUT2D eigenvalue weighted by Crippen LogP contribution is 2.33. The number of methoxy groups -OCH3 is 2. The summed E-state index contributed by atoms with van der Waals surface area (Å²) in [7, 11) is 3.21. The number of hydrogen-bond donors (Lipinski definition) is 2. The van der Waals surface area contributed by atoms with Crippen molar-refractivity contribution in [2.75, 3.05) is 20.8 Å². The van der Waals surface area contributed by atoms with Gasteiger partial charge in [-0.05, 0) is 30.2 Å². The number of nitrogens with two attached hydrogens (primary N) is 1. The average molecular weight is 393 g/mol. The quantitative estimate of drug-likeness (QED) is 0.757. The van der Waals surface area contributed by atoms with E-state index < -0.39 is 5.54 Å². The lowest BCUT2D eigenvalue weighted by molar-refractivity contribution is -0.126. The van der Waals surface area contributed by atoms with Crippen molar-refractivity contribution >= 4 is 18.3 Å². The minimum Gasteiger partial charge on any atom is -0.493 e. The van der Waals surface area contributed by atoms with E-state index in [4.69, 9.17) is 15.2 Å². The van der Waals surface area contributed by atoms with Crippen molar-refractivity contribution in [3.05, 3.63) is 59.7 Å². The molecule has 6 heteroatoms. The van der Waals surface area contributed by atoms with Crippen LogP contribution >= 0.6 is 12.4 Å². The summed E-state index contributed by atoms with van der Waals surface area (Å²) < 4.78 is 10.7. The molecule has 2 aromatic rings. The van der Waals surface area contributed by atoms with Gasteiger partial charge >= 0.3 is 0 Å². The molecule has 3 N–H and O–H groups in total. The van der Waals surface area contributed by atoms with Gasteiger partial charge in [0.05, 0.1) is 14.2 Å². The third-order valence-corrected chi connectivity index (χ3v) is 4.70. The molecule has 0 bridgehead atoms. The zero-order chi connectivity index (χ0) is 19.4. The van der Waals surface area contributed by atoms with Crippen molar-refractivity contribution in [3.63, 3.8) is 0 Å². The summed E-state index contributed by atoms with van der Waals surface area (Å²) in [6.07, 6.45) is 0. The third-order valence-electron chi connectivity index (χ3n) is 4.70.